The molecule has 0 radical (unpaired) electrons. The summed E-state index contributed by atoms with van der Waals surface area (Å²) in [5, 5.41) is 3.41. The van der Waals surface area contributed by atoms with Gasteiger partial charge in [-0.3, -0.25) is 4.79 Å². The molecule has 1 amide bonds. The lowest BCUT2D eigenvalue weighted by atomic mass is 9.92. The summed E-state index contributed by atoms with van der Waals surface area (Å²) in [5.41, 5.74) is 2.62. The summed E-state index contributed by atoms with van der Waals surface area (Å²) in [5.74, 6) is 1.11. The molecule has 1 aromatic carbocycles. The lowest BCUT2D eigenvalue weighted by molar-refractivity contribution is -0.134. The van der Waals surface area contributed by atoms with E-state index in [0.717, 1.165) is 51.2 Å². The molecule has 0 saturated carbocycles. The van der Waals surface area contributed by atoms with Crippen molar-refractivity contribution in [3.05, 3.63) is 35.4 Å². The summed E-state index contributed by atoms with van der Waals surface area (Å²) < 4.78 is 0. The average molecular weight is 365 g/mol. The molecule has 3 rings (SSSR count). The van der Waals surface area contributed by atoms with Gasteiger partial charge < -0.3 is 10.2 Å². The van der Waals surface area contributed by atoms with Crippen LogP contribution in [0.4, 0.5) is 0 Å². The molecule has 0 aromatic heterocycles. The number of rotatable bonds is 4. The fourth-order valence-electron chi connectivity index (χ4n) is 4.27. The molecule has 0 bridgehead atoms. The monoisotopic (exact) mass is 364 g/mol. The molecule has 2 aliphatic heterocycles. The van der Waals surface area contributed by atoms with Crippen LogP contribution in [0.5, 0.6) is 0 Å². The predicted molar refractivity (Wildman–Crippen MR) is 106 cm³/mol. The van der Waals surface area contributed by atoms with Crippen LogP contribution in [0.2, 0.25) is 0 Å². The largest absolute Gasteiger partial charge is 0.336 e. The van der Waals surface area contributed by atoms with Gasteiger partial charge in [-0.25, -0.2) is 0 Å². The van der Waals surface area contributed by atoms with Crippen molar-refractivity contribution in [3.63, 3.8) is 0 Å². The summed E-state index contributed by atoms with van der Waals surface area (Å²) in [4.78, 5) is 15.2. The Morgan fingerprint density at radius 3 is 2.72 bits per heavy atom. The molecule has 1 aromatic rings. The van der Waals surface area contributed by atoms with Gasteiger partial charge in [0.2, 0.25) is 5.91 Å². The standard InChI is InChI=1S/C21H32N2O.ClH/c1-17-6-5-7-19(16-17)20-8-3-2-4-15-23(20)21(24)10-9-18-11-13-22-14-12-18;/h5-7,16,18,20,22H,2-4,8-15H2,1H3;1H. The molecular weight excluding hydrogens is 332 g/mol. The van der Waals surface area contributed by atoms with Crippen LogP contribution in [-0.4, -0.2) is 30.4 Å². The van der Waals surface area contributed by atoms with E-state index in [1.807, 2.05) is 0 Å². The molecule has 0 aliphatic carbocycles. The van der Waals surface area contributed by atoms with Crippen molar-refractivity contribution in [3.8, 4) is 0 Å². The van der Waals surface area contributed by atoms with Crippen molar-refractivity contribution < 1.29 is 4.79 Å². The molecule has 1 unspecified atom stereocenters. The number of aryl methyl sites for hydroxylation is 1. The maximum absolute atomic E-state index is 13.0. The van der Waals surface area contributed by atoms with Crippen molar-refractivity contribution in [2.24, 2.45) is 5.92 Å². The first kappa shape index (κ1) is 20.3. The molecule has 2 heterocycles. The first-order valence-corrected chi connectivity index (χ1v) is 9.81. The highest BCUT2D eigenvalue weighted by Gasteiger charge is 2.27. The van der Waals surface area contributed by atoms with E-state index in [1.54, 1.807) is 0 Å². The Balaban J connectivity index is 0.00000225. The van der Waals surface area contributed by atoms with Gasteiger partial charge in [0.25, 0.3) is 0 Å². The molecule has 4 heteroatoms. The van der Waals surface area contributed by atoms with Crippen molar-refractivity contribution in [1.82, 2.24) is 10.2 Å². The molecular formula is C21H33ClN2O. The van der Waals surface area contributed by atoms with Gasteiger partial charge in [0, 0.05) is 13.0 Å². The molecule has 2 aliphatic rings. The highest BCUT2D eigenvalue weighted by atomic mass is 35.5. The van der Waals surface area contributed by atoms with Crippen LogP contribution < -0.4 is 5.32 Å². The number of halogens is 1. The maximum atomic E-state index is 13.0. The highest BCUT2D eigenvalue weighted by molar-refractivity contribution is 5.85. The van der Waals surface area contributed by atoms with E-state index >= 15 is 0 Å². The molecule has 1 atom stereocenters. The second kappa shape index (κ2) is 10.2. The van der Waals surface area contributed by atoms with Crippen LogP contribution in [0.3, 0.4) is 0 Å². The summed E-state index contributed by atoms with van der Waals surface area (Å²) in [6.07, 6.45) is 9.01. The average Bonchev–Trinajstić information content (AvgIpc) is 2.86. The third kappa shape index (κ3) is 5.72. The number of amides is 1. The number of carbonyl (C=O) groups excluding carboxylic acids is 1. The first-order valence-electron chi connectivity index (χ1n) is 9.81. The van der Waals surface area contributed by atoms with Gasteiger partial charge in [-0.2, -0.15) is 0 Å². The summed E-state index contributed by atoms with van der Waals surface area (Å²) in [6, 6.07) is 9.03. The van der Waals surface area contributed by atoms with E-state index < -0.39 is 0 Å². The van der Waals surface area contributed by atoms with Gasteiger partial charge in [0.15, 0.2) is 0 Å². The number of likely N-dealkylation sites (tertiary alicyclic amines) is 1. The van der Waals surface area contributed by atoms with E-state index in [2.05, 4.69) is 41.4 Å². The van der Waals surface area contributed by atoms with Crippen molar-refractivity contribution in [2.75, 3.05) is 19.6 Å². The quantitative estimate of drug-likeness (QED) is 0.844. The first-order chi connectivity index (χ1) is 11.7. The van der Waals surface area contributed by atoms with E-state index in [9.17, 15) is 4.79 Å². The van der Waals surface area contributed by atoms with Crippen LogP contribution in [0, 0.1) is 12.8 Å². The second-order valence-corrected chi connectivity index (χ2v) is 7.60. The minimum absolute atomic E-state index is 0. The minimum atomic E-state index is 0. The van der Waals surface area contributed by atoms with E-state index in [0.29, 0.717) is 5.91 Å². The van der Waals surface area contributed by atoms with Gasteiger partial charge in [0.1, 0.15) is 0 Å². The van der Waals surface area contributed by atoms with Gasteiger partial charge in [-0.15, -0.1) is 12.4 Å². The Hall–Kier alpha value is -1.06. The van der Waals surface area contributed by atoms with E-state index in [4.69, 9.17) is 0 Å². The molecule has 2 fully saturated rings. The Bertz CT molecular complexity index is 542. The highest BCUT2D eigenvalue weighted by Crippen LogP contribution is 2.31. The fourth-order valence-corrected chi connectivity index (χ4v) is 4.27. The molecule has 1 N–H and O–H groups in total. The Morgan fingerprint density at radius 1 is 1.16 bits per heavy atom. The van der Waals surface area contributed by atoms with E-state index in [1.165, 1.54) is 36.8 Å². The number of hydrogen-bond acceptors (Lipinski definition) is 2. The topological polar surface area (TPSA) is 32.3 Å². The molecule has 25 heavy (non-hydrogen) atoms. The Labute approximate surface area is 159 Å². The SMILES string of the molecule is Cc1cccc(C2CCCCCN2C(=O)CCC2CCNCC2)c1.Cl. The zero-order chi connectivity index (χ0) is 16.8. The number of hydrogen-bond donors (Lipinski definition) is 1. The summed E-state index contributed by atoms with van der Waals surface area (Å²) >= 11 is 0. The zero-order valence-corrected chi connectivity index (χ0v) is 16.3. The van der Waals surface area contributed by atoms with Gasteiger partial charge >= 0.3 is 0 Å². The van der Waals surface area contributed by atoms with Gasteiger partial charge in [-0.1, -0.05) is 42.7 Å². The van der Waals surface area contributed by atoms with Crippen LogP contribution in [0.15, 0.2) is 24.3 Å². The molecule has 2 saturated heterocycles. The zero-order valence-electron chi connectivity index (χ0n) is 15.5. The minimum Gasteiger partial charge on any atom is -0.336 e. The number of carbonyl (C=O) groups is 1. The second-order valence-electron chi connectivity index (χ2n) is 7.60. The van der Waals surface area contributed by atoms with E-state index in [-0.39, 0.29) is 18.4 Å². The van der Waals surface area contributed by atoms with Crippen molar-refractivity contribution in [2.45, 2.75) is 64.3 Å². The summed E-state index contributed by atoms with van der Waals surface area (Å²) in [7, 11) is 0. The number of nitrogens with one attached hydrogen (secondary N) is 1. The predicted octanol–water partition coefficient (Wildman–Crippen LogP) is 4.64. The molecule has 0 spiro atoms. The Kier molecular flexibility index (Phi) is 8.25. The smallest absolute Gasteiger partial charge is 0.223 e. The van der Waals surface area contributed by atoms with Crippen LogP contribution >= 0.6 is 12.4 Å². The van der Waals surface area contributed by atoms with Crippen LogP contribution in [0.1, 0.15) is 68.5 Å². The van der Waals surface area contributed by atoms with Crippen LogP contribution in [0.25, 0.3) is 0 Å². The third-order valence-corrected chi connectivity index (χ3v) is 5.73. The number of benzene rings is 1. The van der Waals surface area contributed by atoms with Crippen LogP contribution in [-0.2, 0) is 4.79 Å². The fraction of sp³-hybridized carbons (Fsp3) is 0.667. The maximum Gasteiger partial charge on any atom is 0.223 e. The Morgan fingerprint density at radius 2 is 1.96 bits per heavy atom. The lowest BCUT2D eigenvalue weighted by Gasteiger charge is -2.31. The normalized spacial score (nSPS) is 22.1. The summed E-state index contributed by atoms with van der Waals surface area (Å²) in [6.45, 7) is 5.32. The van der Waals surface area contributed by atoms with Crippen molar-refractivity contribution >= 4 is 18.3 Å². The van der Waals surface area contributed by atoms with Gasteiger partial charge in [0.05, 0.1) is 6.04 Å². The molecule has 3 nitrogen and oxygen atoms in total. The van der Waals surface area contributed by atoms with Crippen molar-refractivity contribution in [1.29, 1.82) is 0 Å². The third-order valence-electron chi connectivity index (χ3n) is 5.73. The van der Waals surface area contributed by atoms with Gasteiger partial charge in [-0.05, 0) is 63.6 Å². The molecule has 140 valence electrons. The lowest BCUT2D eigenvalue weighted by Crippen LogP contribution is -2.35. The number of piperidine rings is 1. The number of nitrogens with zero attached hydrogens (tertiary/aromatic N) is 1.